The van der Waals surface area contributed by atoms with Gasteiger partial charge in [-0.1, -0.05) is 0 Å². The standard InChI is InChI=1S/C9H12N2O/c12-9(7-1-3-10-5-7)8-2-4-11-6-8/h5-6,10-11H,1-4H2. The summed E-state index contributed by atoms with van der Waals surface area (Å²) >= 11 is 0. The lowest BCUT2D eigenvalue weighted by Crippen LogP contribution is -2.03. The Balaban J connectivity index is 2.08. The van der Waals surface area contributed by atoms with Gasteiger partial charge in [0.2, 0.25) is 0 Å². The summed E-state index contributed by atoms with van der Waals surface area (Å²) in [7, 11) is 0. The smallest absolute Gasteiger partial charge is 0.188 e. The van der Waals surface area contributed by atoms with Crippen LogP contribution in [-0.4, -0.2) is 18.9 Å². The fraction of sp³-hybridized carbons (Fsp3) is 0.444. The van der Waals surface area contributed by atoms with E-state index in [4.69, 9.17) is 0 Å². The van der Waals surface area contributed by atoms with Gasteiger partial charge in [-0.15, -0.1) is 0 Å². The van der Waals surface area contributed by atoms with Gasteiger partial charge in [0.1, 0.15) is 0 Å². The molecule has 0 atom stereocenters. The summed E-state index contributed by atoms with van der Waals surface area (Å²) in [5.41, 5.74) is 1.84. The van der Waals surface area contributed by atoms with Gasteiger partial charge in [0.15, 0.2) is 5.78 Å². The Hall–Kier alpha value is -1.25. The quantitative estimate of drug-likeness (QED) is 0.617. The molecule has 0 fully saturated rings. The summed E-state index contributed by atoms with van der Waals surface area (Å²) in [5.74, 6) is 0.213. The van der Waals surface area contributed by atoms with Crippen molar-refractivity contribution in [2.24, 2.45) is 0 Å². The molecule has 12 heavy (non-hydrogen) atoms. The van der Waals surface area contributed by atoms with Crippen LogP contribution in [0.3, 0.4) is 0 Å². The van der Waals surface area contributed by atoms with Crippen LogP contribution in [0.5, 0.6) is 0 Å². The van der Waals surface area contributed by atoms with E-state index < -0.39 is 0 Å². The van der Waals surface area contributed by atoms with Crippen LogP contribution in [0.1, 0.15) is 12.8 Å². The SMILES string of the molecule is O=C(C1=CNCC1)C1=CNCC1. The fourth-order valence-corrected chi connectivity index (χ4v) is 1.51. The largest absolute Gasteiger partial charge is 0.390 e. The molecule has 0 spiro atoms. The highest BCUT2D eigenvalue weighted by Crippen LogP contribution is 2.16. The van der Waals surface area contributed by atoms with Gasteiger partial charge in [0, 0.05) is 36.6 Å². The Morgan fingerprint density at radius 3 is 1.92 bits per heavy atom. The van der Waals surface area contributed by atoms with Crippen LogP contribution >= 0.6 is 0 Å². The molecular formula is C9H12N2O. The molecule has 3 heteroatoms. The molecule has 0 aromatic carbocycles. The summed E-state index contributed by atoms with van der Waals surface area (Å²) in [6.07, 6.45) is 5.41. The molecule has 3 nitrogen and oxygen atoms in total. The van der Waals surface area contributed by atoms with Crippen molar-refractivity contribution in [3.63, 3.8) is 0 Å². The Morgan fingerprint density at radius 2 is 1.58 bits per heavy atom. The zero-order chi connectivity index (χ0) is 8.39. The lowest BCUT2D eigenvalue weighted by atomic mass is 10.0. The minimum atomic E-state index is 0.213. The van der Waals surface area contributed by atoms with Crippen molar-refractivity contribution < 1.29 is 4.79 Å². The minimum Gasteiger partial charge on any atom is -0.390 e. The van der Waals surface area contributed by atoms with E-state index in [0.717, 1.165) is 37.1 Å². The third-order valence-electron chi connectivity index (χ3n) is 2.21. The van der Waals surface area contributed by atoms with Crippen LogP contribution in [0.4, 0.5) is 0 Å². The van der Waals surface area contributed by atoms with Gasteiger partial charge in [-0.05, 0) is 12.8 Å². The van der Waals surface area contributed by atoms with Gasteiger partial charge in [0.05, 0.1) is 0 Å². The average Bonchev–Trinajstić information content (AvgIpc) is 2.77. The Labute approximate surface area is 71.5 Å². The number of Topliss-reactive ketones (excluding diaryl/α,β-unsaturated/α-hetero) is 1. The minimum absolute atomic E-state index is 0.213. The van der Waals surface area contributed by atoms with Crippen LogP contribution in [0, 0.1) is 0 Å². The Kier molecular flexibility index (Phi) is 1.86. The number of rotatable bonds is 2. The summed E-state index contributed by atoms with van der Waals surface area (Å²) in [6.45, 7) is 1.81. The van der Waals surface area contributed by atoms with E-state index in [1.807, 2.05) is 12.4 Å². The van der Waals surface area contributed by atoms with E-state index in [9.17, 15) is 4.79 Å². The van der Waals surface area contributed by atoms with Crippen molar-refractivity contribution in [1.82, 2.24) is 10.6 Å². The molecule has 2 heterocycles. The van der Waals surface area contributed by atoms with Crippen molar-refractivity contribution >= 4 is 5.78 Å². The molecule has 64 valence electrons. The number of carbonyl (C=O) groups is 1. The molecule has 0 radical (unpaired) electrons. The number of carbonyl (C=O) groups excluding carboxylic acids is 1. The predicted octanol–water partition coefficient (Wildman–Crippen LogP) is 0.310. The zero-order valence-corrected chi connectivity index (χ0v) is 6.89. The molecule has 0 aromatic rings. The van der Waals surface area contributed by atoms with E-state index in [1.165, 1.54) is 0 Å². The van der Waals surface area contributed by atoms with Gasteiger partial charge in [-0.25, -0.2) is 0 Å². The maximum absolute atomic E-state index is 11.6. The zero-order valence-electron chi connectivity index (χ0n) is 6.89. The van der Waals surface area contributed by atoms with Crippen LogP contribution in [-0.2, 0) is 4.79 Å². The van der Waals surface area contributed by atoms with Gasteiger partial charge in [0.25, 0.3) is 0 Å². The van der Waals surface area contributed by atoms with Gasteiger partial charge < -0.3 is 10.6 Å². The fourth-order valence-electron chi connectivity index (χ4n) is 1.51. The first-order valence-corrected chi connectivity index (χ1v) is 4.27. The van der Waals surface area contributed by atoms with E-state index in [2.05, 4.69) is 10.6 Å². The highest BCUT2D eigenvalue weighted by Gasteiger charge is 2.19. The summed E-state index contributed by atoms with van der Waals surface area (Å²) in [5, 5.41) is 6.09. The van der Waals surface area contributed by atoms with Crippen molar-refractivity contribution in [3.8, 4) is 0 Å². The maximum Gasteiger partial charge on any atom is 0.188 e. The first kappa shape index (κ1) is 7.40. The van der Waals surface area contributed by atoms with E-state index in [0.29, 0.717) is 0 Å². The van der Waals surface area contributed by atoms with Crippen molar-refractivity contribution in [3.05, 3.63) is 23.5 Å². The van der Waals surface area contributed by atoms with Crippen molar-refractivity contribution in [1.29, 1.82) is 0 Å². The second-order valence-corrected chi connectivity index (χ2v) is 3.08. The lowest BCUT2D eigenvalue weighted by Gasteiger charge is -1.98. The second-order valence-electron chi connectivity index (χ2n) is 3.08. The molecule has 0 saturated heterocycles. The summed E-state index contributed by atoms with van der Waals surface area (Å²) < 4.78 is 0. The number of hydrogen-bond acceptors (Lipinski definition) is 3. The highest BCUT2D eigenvalue weighted by atomic mass is 16.1. The first-order valence-electron chi connectivity index (χ1n) is 4.27. The topological polar surface area (TPSA) is 41.1 Å². The molecular weight excluding hydrogens is 152 g/mol. The van der Waals surface area contributed by atoms with Crippen LogP contribution in [0.25, 0.3) is 0 Å². The molecule has 0 aromatic heterocycles. The van der Waals surface area contributed by atoms with Crippen LogP contribution in [0.2, 0.25) is 0 Å². The molecule has 0 unspecified atom stereocenters. The normalized spacial score (nSPS) is 21.0. The molecule has 0 bridgehead atoms. The van der Waals surface area contributed by atoms with Gasteiger partial charge in [-0.3, -0.25) is 4.79 Å². The van der Waals surface area contributed by atoms with Crippen LogP contribution < -0.4 is 10.6 Å². The monoisotopic (exact) mass is 164 g/mol. The highest BCUT2D eigenvalue weighted by molar-refractivity contribution is 6.08. The third kappa shape index (κ3) is 1.22. The van der Waals surface area contributed by atoms with Gasteiger partial charge >= 0.3 is 0 Å². The van der Waals surface area contributed by atoms with E-state index >= 15 is 0 Å². The number of ketones is 1. The second kappa shape index (κ2) is 3.01. The first-order chi connectivity index (χ1) is 5.88. The van der Waals surface area contributed by atoms with Crippen molar-refractivity contribution in [2.75, 3.05) is 13.1 Å². The Bertz CT molecular complexity index is 240. The Morgan fingerprint density at radius 1 is 1.08 bits per heavy atom. The molecule has 2 rings (SSSR count). The van der Waals surface area contributed by atoms with E-state index in [1.54, 1.807) is 0 Å². The summed E-state index contributed by atoms with van der Waals surface area (Å²) in [4.78, 5) is 11.6. The van der Waals surface area contributed by atoms with E-state index in [-0.39, 0.29) is 5.78 Å². The molecule has 2 aliphatic rings. The summed E-state index contributed by atoms with van der Waals surface area (Å²) in [6, 6.07) is 0. The molecule has 0 amide bonds. The molecule has 2 N–H and O–H groups in total. The lowest BCUT2D eigenvalue weighted by molar-refractivity contribution is -0.112. The average molecular weight is 164 g/mol. The third-order valence-corrected chi connectivity index (χ3v) is 2.21. The number of hydrogen-bond donors (Lipinski definition) is 2. The molecule has 0 aliphatic carbocycles. The maximum atomic E-state index is 11.6. The van der Waals surface area contributed by atoms with Crippen molar-refractivity contribution in [2.45, 2.75) is 12.8 Å². The predicted molar refractivity (Wildman–Crippen MR) is 46.4 cm³/mol. The van der Waals surface area contributed by atoms with Gasteiger partial charge in [-0.2, -0.15) is 0 Å². The van der Waals surface area contributed by atoms with Crippen LogP contribution in [0.15, 0.2) is 23.5 Å². The molecule has 0 saturated carbocycles. The number of nitrogens with one attached hydrogen (secondary N) is 2. The molecule has 2 aliphatic heterocycles.